The lowest BCUT2D eigenvalue weighted by Crippen LogP contribution is -2.44. The monoisotopic (exact) mass is 266 g/mol. The van der Waals surface area contributed by atoms with Crippen LogP contribution in [0, 0.1) is 13.8 Å². The summed E-state index contributed by atoms with van der Waals surface area (Å²) in [5.74, 6) is 0. The second-order valence-electron chi connectivity index (χ2n) is 5.25. The van der Waals surface area contributed by atoms with E-state index in [1.165, 1.54) is 11.3 Å². The lowest BCUT2D eigenvalue weighted by atomic mass is 10.2. The van der Waals surface area contributed by atoms with E-state index in [0.717, 1.165) is 45.0 Å². The van der Waals surface area contributed by atoms with Gasteiger partial charge in [-0.1, -0.05) is 6.92 Å². The van der Waals surface area contributed by atoms with Gasteiger partial charge in [0, 0.05) is 30.9 Å². The molecule has 0 aliphatic carbocycles. The quantitative estimate of drug-likeness (QED) is 0.861. The van der Waals surface area contributed by atoms with Gasteiger partial charge >= 0.3 is 0 Å². The molecule has 0 spiro atoms. The number of aryl methyl sites for hydroxylation is 1. The van der Waals surface area contributed by atoms with Gasteiger partial charge in [0.1, 0.15) is 0 Å². The van der Waals surface area contributed by atoms with Gasteiger partial charge in [0.15, 0.2) is 0 Å². The van der Waals surface area contributed by atoms with Crippen LogP contribution in [0.1, 0.15) is 23.9 Å². The fourth-order valence-electron chi connectivity index (χ4n) is 2.72. The van der Waals surface area contributed by atoms with E-state index in [1.54, 1.807) is 0 Å². The zero-order chi connectivity index (χ0) is 13.8. The fraction of sp³-hybridized carbons (Fsp3) is 0.786. The Morgan fingerprint density at radius 2 is 2.21 bits per heavy atom. The fourth-order valence-corrected chi connectivity index (χ4v) is 2.72. The van der Waals surface area contributed by atoms with Crippen LogP contribution in [0.15, 0.2) is 0 Å². The van der Waals surface area contributed by atoms with Crippen molar-refractivity contribution < 1.29 is 4.74 Å². The first kappa shape index (κ1) is 14.5. The van der Waals surface area contributed by atoms with Crippen molar-refractivity contribution in [2.45, 2.75) is 40.0 Å². The summed E-state index contributed by atoms with van der Waals surface area (Å²) in [6.45, 7) is 12.2. The number of rotatable bonds is 5. The summed E-state index contributed by atoms with van der Waals surface area (Å²) in [4.78, 5) is 2.44. The minimum Gasteiger partial charge on any atom is -0.374 e. The highest BCUT2D eigenvalue weighted by Crippen LogP contribution is 2.15. The molecule has 2 rings (SSSR count). The summed E-state index contributed by atoms with van der Waals surface area (Å²) >= 11 is 0. The molecule has 1 N–H and O–H groups in total. The Hall–Kier alpha value is -0.910. The van der Waals surface area contributed by atoms with E-state index in [4.69, 9.17) is 4.74 Å². The summed E-state index contributed by atoms with van der Waals surface area (Å²) < 4.78 is 7.96. The molecule has 5 heteroatoms. The van der Waals surface area contributed by atoms with Crippen molar-refractivity contribution in [3.63, 3.8) is 0 Å². The van der Waals surface area contributed by atoms with E-state index in [-0.39, 0.29) is 6.10 Å². The number of likely N-dealkylation sites (N-methyl/N-ethyl adjacent to an activating group) is 1. The molecule has 1 aliphatic rings. The van der Waals surface area contributed by atoms with E-state index in [2.05, 4.69) is 40.8 Å². The molecule has 0 bridgehead atoms. The molecule has 0 amide bonds. The first-order chi connectivity index (χ1) is 9.15. The molecule has 0 saturated carbocycles. The van der Waals surface area contributed by atoms with Crippen molar-refractivity contribution in [1.82, 2.24) is 20.0 Å². The van der Waals surface area contributed by atoms with Crippen LogP contribution in [0.4, 0.5) is 0 Å². The molecular weight excluding hydrogens is 240 g/mol. The Balaban J connectivity index is 2.04. The average Bonchev–Trinajstić information content (AvgIpc) is 2.67. The summed E-state index contributed by atoms with van der Waals surface area (Å²) in [5, 5.41) is 7.86. The van der Waals surface area contributed by atoms with Crippen LogP contribution in [0.2, 0.25) is 0 Å². The second-order valence-corrected chi connectivity index (χ2v) is 5.25. The van der Waals surface area contributed by atoms with Crippen LogP contribution in [-0.2, 0) is 17.8 Å². The standard InChI is InChI=1S/C14H26N4O/c1-5-17-6-7-19-13(9-17)10-18-12(3)14(8-15-4)11(2)16-18/h13,15H,5-10H2,1-4H3. The van der Waals surface area contributed by atoms with Crippen LogP contribution in [0.3, 0.4) is 0 Å². The Morgan fingerprint density at radius 1 is 1.42 bits per heavy atom. The minimum atomic E-state index is 0.258. The molecule has 1 aromatic rings. The third-order valence-electron chi connectivity index (χ3n) is 3.93. The summed E-state index contributed by atoms with van der Waals surface area (Å²) in [6, 6.07) is 0. The summed E-state index contributed by atoms with van der Waals surface area (Å²) in [7, 11) is 1.97. The predicted octanol–water partition coefficient (Wildman–Crippen LogP) is 0.940. The highest BCUT2D eigenvalue weighted by molar-refractivity contribution is 5.24. The van der Waals surface area contributed by atoms with E-state index < -0.39 is 0 Å². The smallest absolute Gasteiger partial charge is 0.0898 e. The van der Waals surface area contributed by atoms with Gasteiger partial charge < -0.3 is 10.1 Å². The average molecular weight is 266 g/mol. The van der Waals surface area contributed by atoms with E-state index in [1.807, 2.05) is 7.05 Å². The Morgan fingerprint density at radius 3 is 2.89 bits per heavy atom. The van der Waals surface area contributed by atoms with Crippen molar-refractivity contribution in [2.24, 2.45) is 0 Å². The van der Waals surface area contributed by atoms with Crippen LogP contribution >= 0.6 is 0 Å². The largest absolute Gasteiger partial charge is 0.374 e. The van der Waals surface area contributed by atoms with E-state index >= 15 is 0 Å². The molecule has 1 atom stereocenters. The highest BCUT2D eigenvalue weighted by atomic mass is 16.5. The van der Waals surface area contributed by atoms with Crippen LogP contribution in [0.25, 0.3) is 0 Å². The molecule has 1 fully saturated rings. The number of nitrogens with zero attached hydrogens (tertiary/aromatic N) is 3. The number of hydrogen-bond donors (Lipinski definition) is 1. The maximum atomic E-state index is 5.86. The first-order valence-corrected chi connectivity index (χ1v) is 7.17. The molecule has 2 heterocycles. The maximum absolute atomic E-state index is 5.86. The molecule has 1 unspecified atom stereocenters. The van der Waals surface area contributed by atoms with E-state index in [9.17, 15) is 0 Å². The van der Waals surface area contributed by atoms with Gasteiger partial charge in [0.05, 0.1) is 24.9 Å². The number of aromatic nitrogens is 2. The lowest BCUT2D eigenvalue weighted by molar-refractivity contribution is -0.0360. The van der Waals surface area contributed by atoms with Gasteiger partial charge in [-0.15, -0.1) is 0 Å². The molecule has 19 heavy (non-hydrogen) atoms. The Bertz CT molecular complexity index is 416. The zero-order valence-electron chi connectivity index (χ0n) is 12.6. The maximum Gasteiger partial charge on any atom is 0.0898 e. The SMILES string of the molecule is CCN1CCOC(Cn2nc(C)c(CNC)c2C)C1. The van der Waals surface area contributed by atoms with Gasteiger partial charge in [-0.3, -0.25) is 9.58 Å². The predicted molar refractivity (Wildman–Crippen MR) is 76.3 cm³/mol. The third kappa shape index (κ3) is 3.35. The van der Waals surface area contributed by atoms with Gasteiger partial charge in [-0.05, 0) is 27.4 Å². The molecule has 0 aromatic carbocycles. The topological polar surface area (TPSA) is 42.3 Å². The Labute approximate surface area is 115 Å². The molecule has 1 aromatic heterocycles. The van der Waals surface area contributed by atoms with Gasteiger partial charge in [-0.2, -0.15) is 5.10 Å². The molecule has 108 valence electrons. The zero-order valence-corrected chi connectivity index (χ0v) is 12.6. The van der Waals surface area contributed by atoms with Crippen molar-refractivity contribution in [3.8, 4) is 0 Å². The summed E-state index contributed by atoms with van der Waals surface area (Å²) in [5.41, 5.74) is 3.68. The number of hydrogen-bond acceptors (Lipinski definition) is 4. The van der Waals surface area contributed by atoms with Crippen LogP contribution in [-0.4, -0.2) is 54.1 Å². The normalized spacial score (nSPS) is 20.9. The van der Waals surface area contributed by atoms with Gasteiger partial charge in [0.25, 0.3) is 0 Å². The van der Waals surface area contributed by atoms with Gasteiger partial charge in [-0.25, -0.2) is 0 Å². The first-order valence-electron chi connectivity index (χ1n) is 7.17. The van der Waals surface area contributed by atoms with Crippen molar-refractivity contribution in [2.75, 3.05) is 33.3 Å². The van der Waals surface area contributed by atoms with Gasteiger partial charge in [0.2, 0.25) is 0 Å². The molecule has 0 radical (unpaired) electrons. The second kappa shape index (κ2) is 6.50. The summed E-state index contributed by atoms with van der Waals surface area (Å²) in [6.07, 6.45) is 0.258. The molecule has 1 saturated heterocycles. The minimum absolute atomic E-state index is 0.258. The van der Waals surface area contributed by atoms with Crippen LogP contribution in [0.5, 0.6) is 0 Å². The van der Waals surface area contributed by atoms with Crippen molar-refractivity contribution in [1.29, 1.82) is 0 Å². The third-order valence-corrected chi connectivity index (χ3v) is 3.93. The van der Waals surface area contributed by atoms with Crippen molar-refractivity contribution >= 4 is 0 Å². The van der Waals surface area contributed by atoms with Crippen LogP contribution < -0.4 is 5.32 Å². The molecule has 1 aliphatic heterocycles. The van der Waals surface area contributed by atoms with E-state index in [0.29, 0.717) is 0 Å². The van der Waals surface area contributed by atoms with Crippen molar-refractivity contribution in [3.05, 3.63) is 17.0 Å². The Kier molecular flexibility index (Phi) is 4.96. The number of morpholine rings is 1. The molecular formula is C14H26N4O. The highest BCUT2D eigenvalue weighted by Gasteiger charge is 2.21. The molecule has 5 nitrogen and oxygen atoms in total. The number of nitrogens with one attached hydrogen (secondary N) is 1. The number of ether oxygens (including phenoxy) is 1. The lowest BCUT2D eigenvalue weighted by Gasteiger charge is -2.32.